The van der Waals surface area contributed by atoms with E-state index in [0.717, 1.165) is 0 Å². The molecule has 0 aromatic carbocycles. The molecular formula is C18H33N7O9. The monoisotopic (exact) mass is 491 g/mol. The molecule has 0 aromatic heterocycles. The van der Waals surface area contributed by atoms with E-state index in [4.69, 9.17) is 22.3 Å². The lowest BCUT2D eigenvalue weighted by Crippen LogP contribution is -2.59. The van der Waals surface area contributed by atoms with E-state index in [1.54, 1.807) is 0 Å². The second-order valence-corrected chi connectivity index (χ2v) is 7.35. The third-order valence-corrected chi connectivity index (χ3v) is 4.48. The molecule has 0 heterocycles. The predicted molar refractivity (Wildman–Crippen MR) is 117 cm³/mol. The number of aliphatic hydroxyl groups excluding tert-OH is 2. The van der Waals surface area contributed by atoms with E-state index >= 15 is 0 Å². The molecule has 0 aliphatic heterocycles. The zero-order valence-corrected chi connectivity index (χ0v) is 18.6. The summed E-state index contributed by atoms with van der Waals surface area (Å²) in [5.74, 6) is -5.83. The van der Waals surface area contributed by atoms with Crippen LogP contribution in [0.25, 0.3) is 0 Å². The summed E-state index contributed by atoms with van der Waals surface area (Å²) in [5.41, 5.74) is 15.8. The first kappa shape index (κ1) is 30.5. The fourth-order valence-electron chi connectivity index (χ4n) is 2.52. The van der Waals surface area contributed by atoms with E-state index in [1.165, 1.54) is 6.92 Å². The number of nitrogens with one attached hydrogen (secondary N) is 3. The number of aliphatic hydroxyl groups is 2. The number of hydrogen-bond donors (Lipinski definition) is 10. The van der Waals surface area contributed by atoms with Gasteiger partial charge in [0.05, 0.1) is 12.7 Å². The van der Waals surface area contributed by atoms with Gasteiger partial charge < -0.3 is 53.6 Å². The van der Waals surface area contributed by atoms with Gasteiger partial charge in [0.25, 0.3) is 0 Å². The maximum Gasteiger partial charge on any atom is 0.326 e. The van der Waals surface area contributed by atoms with E-state index in [2.05, 4.69) is 20.9 Å². The van der Waals surface area contributed by atoms with Crippen molar-refractivity contribution in [3.63, 3.8) is 0 Å². The number of rotatable bonds is 16. The number of amides is 3. The minimum atomic E-state index is -1.61. The van der Waals surface area contributed by atoms with Crippen LogP contribution in [0.15, 0.2) is 4.99 Å². The lowest BCUT2D eigenvalue weighted by molar-refractivity contribution is -0.142. The van der Waals surface area contributed by atoms with Crippen LogP contribution in [0.1, 0.15) is 32.6 Å². The van der Waals surface area contributed by atoms with Crippen molar-refractivity contribution in [2.45, 2.75) is 62.9 Å². The van der Waals surface area contributed by atoms with Crippen LogP contribution in [0.2, 0.25) is 0 Å². The number of carbonyl (C=O) groups excluding carboxylic acids is 3. The summed E-state index contributed by atoms with van der Waals surface area (Å²) in [6.07, 6.45) is -2.04. The van der Waals surface area contributed by atoms with Crippen molar-refractivity contribution < 1.29 is 44.4 Å². The van der Waals surface area contributed by atoms with Crippen LogP contribution < -0.4 is 33.2 Å². The third kappa shape index (κ3) is 11.9. The molecule has 0 aromatic rings. The summed E-state index contributed by atoms with van der Waals surface area (Å²) < 4.78 is 0. The van der Waals surface area contributed by atoms with Gasteiger partial charge >= 0.3 is 11.9 Å². The number of aliphatic carboxylic acids is 2. The van der Waals surface area contributed by atoms with Crippen molar-refractivity contribution in [3.8, 4) is 0 Å². The first-order valence-corrected chi connectivity index (χ1v) is 10.3. The number of carboxylic acids is 2. The summed E-state index contributed by atoms with van der Waals surface area (Å²) in [6.45, 7) is 0.422. The molecule has 5 atom stereocenters. The van der Waals surface area contributed by atoms with E-state index < -0.39 is 73.0 Å². The van der Waals surface area contributed by atoms with Crippen LogP contribution in [0.3, 0.4) is 0 Å². The van der Waals surface area contributed by atoms with Crippen LogP contribution in [0.5, 0.6) is 0 Å². The van der Waals surface area contributed by atoms with Crippen molar-refractivity contribution in [1.82, 2.24) is 16.0 Å². The van der Waals surface area contributed by atoms with Crippen molar-refractivity contribution in [2.75, 3.05) is 13.2 Å². The van der Waals surface area contributed by atoms with Crippen LogP contribution >= 0.6 is 0 Å². The minimum Gasteiger partial charge on any atom is -0.481 e. The van der Waals surface area contributed by atoms with Gasteiger partial charge in [-0.3, -0.25) is 24.2 Å². The topological polar surface area (TPSA) is 293 Å². The van der Waals surface area contributed by atoms with Crippen LogP contribution in [-0.4, -0.2) is 99.5 Å². The molecule has 13 N–H and O–H groups in total. The zero-order valence-electron chi connectivity index (χ0n) is 18.6. The standard InChI is InChI=1S/C18H33N7O9/c1-8(27)13(19)16(32)23-9(4-5-12(28)29)14(30)25-11(7-26)15(31)24-10(17(33)34)3-2-6-22-18(20)21/h8-11,13,26-27H,2-7,19H2,1H3,(H,23,32)(H,24,31)(H,25,30)(H,28,29)(H,33,34)(H4,20,21,22). The Balaban J connectivity index is 5.25. The van der Waals surface area contributed by atoms with Crippen LogP contribution in [-0.2, 0) is 24.0 Å². The minimum absolute atomic E-state index is 0.0571. The number of carbonyl (C=O) groups is 5. The van der Waals surface area contributed by atoms with Gasteiger partial charge in [0.2, 0.25) is 17.7 Å². The number of guanidine groups is 1. The highest BCUT2D eigenvalue weighted by molar-refractivity contribution is 5.94. The van der Waals surface area contributed by atoms with Gasteiger partial charge in [-0.05, 0) is 26.2 Å². The van der Waals surface area contributed by atoms with Crippen molar-refractivity contribution in [2.24, 2.45) is 22.2 Å². The highest BCUT2D eigenvalue weighted by Gasteiger charge is 2.30. The first-order chi connectivity index (χ1) is 15.8. The van der Waals surface area contributed by atoms with Gasteiger partial charge in [-0.2, -0.15) is 0 Å². The Morgan fingerprint density at radius 2 is 1.41 bits per heavy atom. The largest absolute Gasteiger partial charge is 0.481 e. The number of nitrogens with zero attached hydrogens (tertiary/aromatic N) is 1. The van der Waals surface area contributed by atoms with E-state index in [0.29, 0.717) is 0 Å². The molecule has 0 rings (SSSR count). The number of nitrogens with two attached hydrogens (primary N) is 3. The fraction of sp³-hybridized carbons (Fsp3) is 0.667. The van der Waals surface area contributed by atoms with Gasteiger partial charge in [-0.25, -0.2) is 4.79 Å². The molecule has 0 fully saturated rings. The molecule has 34 heavy (non-hydrogen) atoms. The summed E-state index contributed by atoms with van der Waals surface area (Å²) in [6, 6.07) is -5.86. The molecule has 0 bridgehead atoms. The van der Waals surface area contributed by atoms with Crippen molar-refractivity contribution in [3.05, 3.63) is 0 Å². The smallest absolute Gasteiger partial charge is 0.326 e. The molecule has 0 aliphatic carbocycles. The predicted octanol–water partition coefficient (Wildman–Crippen LogP) is -4.86. The average molecular weight is 492 g/mol. The zero-order chi connectivity index (χ0) is 26.4. The van der Waals surface area contributed by atoms with E-state index in [-0.39, 0.29) is 31.8 Å². The molecule has 16 nitrogen and oxygen atoms in total. The molecule has 0 saturated heterocycles. The molecule has 194 valence electrons. The Hall–Kier alpha value is -3.50. The van der Waals surface area contributed by atoms with Crippen molar-refractivity contribution >= 4 is 35.6 Å². The summed E-state index contributed by atoms with van der Waals surface area (Å²) in [5, 5.41) is 43.6. The van der Waals surface area contributed by atoms with Gasteiger partial charge in [-0.15, -0.1) is 0 Å². The lowest BCUT2D eigenvalue weighted by Gasteiger charge is -2.24. The first-order valence-electron chi connectivity index (χ1n) is 10.3. The Morgan fingerprint density at radius 3 is 1.88 bits per heavy atom. The van der Waals surface area contributed by atoms with Crippen LogP contribution in [0.4, 0.5) is 0 Å². The molecule has 16 heteroatoms. The summed E-state index contributed by atoms with van der Waals surface area (Å²) >= 11 is 0. The van der Waals surface area contributed by atoms with E-state index in [9.17, 15) is 39.3 Å². The highest BCUT2D eigenvalue weighted by atomic mass is 16.4. The molecule has 0 aliphatic rings. The van der Waals surface area contributed by atoms with Crippen molar-refractivity contribution in [1.29, 1.82) is 0 Å². The van der Waals surface area contributed by atoms with Gasteiger partial charge in [0.1, 0.15) is 24.2 Å². The third-order valence-electron chi connectivity index (χ3n) is 4.48. The molecule has 3 amide bonds. The molecule has 0 saturated carbocycles. The fourth-order valence-corrected chi connectivity index (χ4v) is 2.52. The molecule has 0 spiro atoms. The Labute approximate surface area is 194 Å². The molecule has 5 unspecified atom stereocenters. The van der Waals surface area contributed by atoms with Gasteiger partial charge in [0, 0.05) is 13.0 Å². The Bertz CT molecular complexity index is 756. The summed E-state index contributed by atoms with van der Waals surface area (Å²) in [4.78, 5) is 63.1. The Kier molecular flexibility index (Phi) is 13.8. The summed E-state index contributed by atoms with van der Waals surface area (Å²) in [7, 11) is 0. The maximum absolute atomic E-state index is 12.6. The second-order valence-electron chi connectivity index (χ2n) is 7.35. The molecule has 0 radical (unpaired) electrons. The van der Waals surface area contributed by atoms with Crippen LogP contribution in [0, 0.1) is 0 Å². The number of aliphatic imine (C=N–C) groups is 1. The quantitative estimate of drug-likeness (QED) is 0.0552. The Morgan fingerprint density at radius 1 is 0.882 bits per heavy atom. The van der Waals surface area contributed by atoms with E-state index in [1.807, 2.05) is 0 Å². The van der Waals surface area contributed by atoms with Gasteiger partial charge in [-0.1, -0.05) is 0 Å². The lowest BCUT2D eigenvalue weighted by atomic mass is 10.1. The molecular weight excluding hydrogens is 458 g/mol. The number of carboxylic acid groups (broad SMARTS) is 2. The normalized spacial score (nSPS) is 15.1. The highest BCUT2D eigenvalue weighted by Crippen LogP contribution is 2.03. The second kappa shape index (κ2) is 15.4. The average Bonchev–Trinajstić information content (AvgIpc) is 2.75. The SMILES string of the molecule is CC(O)C(N)C(=O)NC(CCC(=O)O)C(=O)NC(CO)C(=O)NC(CCCN=C(N)N)C(=O)O. The maximum atomic E-state index is 12.6. The number of hydrogen-bond acceptors (Lipinski definition) is 9. The van der Waals surface area contributed by atoms with Gasteiger partial charge in [0.15, 0.2) is 5.96 Å².